The second-order valence-electron chi connectivity index (χ2n) is 4.33. The Hall–Kier alpha value is -1.59. The number of carbonyl (C=O) groups is 1. The Morgan fingerprint density at radius 1 is 1.40 bits per heavy atom. The van der Waals surface area contributed by atoms with Gasteiger partial charge in [0.05, 0.1) is 11.6 Å². The normalized spacial score (nSPS) is 11.9. The van der Waals surface area contributed by atoms with Gasteiger partial charge >= 0.3 is 0 Å². The van der Waals surface area contributed by atoms with Gasteiger partial charge in [-0.2, -0.15) is 0 Å². The average Bonchev–Trinajstić information content (AvgIpc) is 2.42. The van der Waals surface area contributed by atoms with Gasteiger partial charge in [-0.15, -0.1) is 0 Å². The summed E-state index contributed by atoms with van der Waals surface area (Å²) in [6.07, 6.45) is 1.55. The highest BCUT2D eigenvalue weighted by atomic mass is 79.9. The minimum absolute atomic E-state index is 0.154. The molecule has 0 aliphatic heterocycles. The fourth-order valence-electron chi connectivity index (χ4n) is 1.74. The number of benzene rings is 1. The van der Waals surface area contributed by atoms with Gasteiger partial charge in [-0.3, -0.25) is 4.79 Å². The third kappa shape index (κ3) is 3.49. The molecular weight excluding hydrogens is 342 g/mol. The number of nitrogens with two attached hydrogens (primary N) is 1. The molecule has 2 aromatic rings. The first-order valence-corrected chi connectivity index (χ1v) is 7.12. The minimum Gasteiger partial charge on any atom is -0.383 e. The number of rotatable bonds is 3. The first-order chi connectivity index (χ1) is 9.47. The predicted octanol–water partition coefficient (Wildman–Crippen LogP) is 3.57. The molecule has 0 aliphatic carbocycles. The largest absolute Gasteiger partial charge is 0.383 e. The van der Waals surface area contributed by atoms with Gasteiger partial charge in [-0.25, -0.2) is 4.98 Å². The monoisotopic (exact) mass is 353 g/mol. The summed E-state index contributed by atoms with van der Waals surface area (Å²) in [6, 6.07) is 8.80. The van der Waals surface area contributed by atoms with E-state index in [1.165, 1.54) is 0 Å². The first kappa shape index (κ1) is 14.8. The van der Waals surface area contributed by atoms with E-state index in [-0.39, 0.29) is 17.8 Å². The van der Waals surface area contributed by atoms with Gasteiger partial charge in [0.2, 0.25) is 0 Å². The van der Waals surface area contributed by atoms with Crippen molar-refractivity contribution in [2.24, 2.45) is 0 Å². The Balaban J connectivity index is 2.15. The molecule has 0 saturated heterocycles. The summed E-state index contributed by atoms with van der Waals surface area (Å²) < 4.78 is 0.705. The van der Waals surface area contributed by atoms with Crippen molar-refractivity contribution in [2.45, 2.75) is 13.0 Å². The van der Waals surface area contributed by atoms with Gasteiger partial charge in [0.1, 0.15) is 5.82 Å². The van der Waals surface area contributed by atoms with Crippen LogP contribution in [-0.4, -0.2) is 10.9 Å². The number of hydrogen-bond donors (Lipinski definition) is 2. The van der Waals surface area contributed by atoms with Gasteiger partial charge in [-0.1, -0.05) is 23.7 Å². The van der Waals surface area contributed by atoms with Gasteiger partial charge < -0.3 is 11.1 Å². The summed E-state index contributed by atoms with van der Waals surface area (Å²) in [7, 11) is 0. The van der Waals surface area contributed by atoms with Crippen molar-refractivity contribution in [3.05, 3.63) is 57.2 Å². The molecule has 1 heterocycles. The number of nitrogen functional groups attached to an aromatic ring is 1. The Kier molecular flexibility index (Phi) is 4.62. The fraction of sp³-hybridized carbons (Fsp3) is 0.143. The average molecular weight is 355 g/mol. The van der Waals surface area contributed by atoms with Crippen LogP contribution in [0.3, 0.4) is 0 Å². The van der Waals surface area contributed by atoms with Crippen molar-refractivity contribution in [3.8, 4) is 0 Å². The summed E-state index contributed by atoms with van der Waals surface area (Å²) >= 11 is 9.11. The molecule has 104 valence electrons. The van der Waals surface area contributed by atoms with Gasteiger partial charge in [0, 0.05) is 15.7 Å². The molecule has 2 rings (SSSR count). The zero-order chi connectivity index (χ0) is 14.7. The summed E-state index contributed by atoms with van der Waals surface area (Å²) in [6.45, 7) is 1.89. The number of hydrogen-bond acceptors (Lipinski definition) is 3. The Bertz CT molecular complexity index is 631. The molecule has 0 saturated carbocycles. The predicted molar refractivity (Wildman–Crippen MR) is 83.7 cm³/mol. The van der Waals surface area contributed by atoms with Crippen LogP contribution >= 0.6 is 27.5 Å². The van der Waals surface area contributed by atoms with E-state index in [1.54, 1.807) is 24.4 Å². The molecule has 1 atom stereocenters. The molecule has 3 N–H and O–H groups in total. The van der Waals surface area contributed by atoms with Gasteiger partial charge in [0.15, 0.2) is 0 Å². The number of anilines is 1. The molecule has 0 radical (unpaired) electrons. The number of pyridine rings is 1. The number of aromatic nitrogens is 1. The fourth-order valence-corrected chi connectivity index (χ4v) is 2.20. The lowest BCUT2D eigenvalue weighted by atomic mass is 10.1. The molecule has 1 unspecified atom stereocenters. The van der Waals surface area contributed by atoms with E-state index < -0.39 is 0 Å². The van der Waals surface area contributed by atoms with E-state index in [0.717, 1.165) is 5.56 Å². The van der Waals surface area contributed by atoms with Crippen molar-refractivity contribution in [3.63, 3.8) is 0 Å². The lowest BCUT2D eigenvalue weighted by molar-refractivity contribution is 0.0940. The molecule has 0 bridgehead atoms. The summed E-state index contributed by atoms with van der Waals surface area (Å²) in [5, 5.41) is 3.54. The first-order valence-electron chi connectivity index (χ1n) is 5.94. The molecule has 1 aromatic carbocycles. The van der Waals surface area contributed by atoms with E-state index in [1.807, 2.05) is 19.1 Å². The number of carbonyl (C=O) groups excluding carboxylic acids is 1. The lowest BCUT2D eigenvalue weighted by Gasteiger charge is -2.15. The third-order valence-corrected chi connectivity index (χ3v) is 3.53. The van der Waals surface area contributed by atoms with Crippen LogP contribution in [0, 0.1) is 0 Å². The van der Waals surface area contributed by atoms with Crippen molar-refractivity contribution in [1.82, 2.24) is 10.3 Å². The maximum Gasteiger partial charge on any atom is 0.255 e. The van der Waals surface area contributed by atoms with E-state index in [9.17, 15) is 4.79 Å². The zero-order valence-electron chi connectivity index (χ0n) is 10.7. The topological polar surface area (TPSA) is 68.0 Å². The highest BCUT2D eigenvalue weighted by Crippen LogP contribution is 2.19. The van der Waals surface area contributed by atoms with E-state index in [4.69, 9.17) is 17.3 Å². The highest BCUT2D eigenvalue weighted by Gasteiger charge is 2.15. The lowest BCUT2D eigenvalue weighted by Crippen LogP contribution is -2.27. The molecule has 20 heavy (non-hydrogen) atoms. The van der Waals surface area contributed by atoms with Crippen LogP contribution in [0.4, 0.5) is 5.82 Å². The quantitative estimate of drug-likeness (QED) is 0.885. The second-order valence-corrected chi connectivity index (χ2v) is 5.69. The zero-order valence-corrected chi connectivity index (χ0v) is 13.1. The van der Waals surface area contributed by atoms with Crippen LogP contribution < -0.4 is 11.1 Å². The molecule has 0 fully saturated rings. The summed E-state index contributed by atoms with van der Waals surface area (Å²) in [5.74, 6) is -0.0623. The van der Waals surface area contributed by atoms with Crippen molar-refractivity contribution < 1.29 is 4.79 Å². The Morgan fingerprint density at radius 3 is 2.70 bits per heavy atom. The minimum atomic E-state index is -0.265. The van der Waals surface area contributed by atoms with Crippen LogP contribution in [0.15, 0.2) is 41.0 Å². The van der Waals surface area contributed by atoms with Crippen LogP contribution in [0.5, 0.6) is 0 Å². The summed E-state index contributed by atoms with van der Waals surface area (Å²) in [4.78, 5) is 16.1. The number of amides is 1. The number of nitrogens with zero attached hydrogens (tertiary/aromatic N) is 1. The summed E-state index contributed by atoms with van der Waals surface area (Å²) in [5.41, 5.74) is 7.02. The highest BCUT2D eigenvalue weighted by molar-refractivity contribution is 9.10. The van der Waals surface area contributed by atoms with Crippen molar-refractivity contribution >= 4 is 39.3 Å². The van der Waals surface area contributed by atoms with Crippen LogP contribution in [0.25, 0.3) is 0 Å². The standard InChI is InChI=1S/C14H13BrClN3O/c1-8(9-2-4-11(16)5-3-9)19-14(20)12-6-10(15)7-18-13(12)17/h2-8H,1H3,(H2,17,18)(H,19,20). The smallest absolute Gasteiger partial charge is 0.255 e. The van der Waals surface area contributed by atoms with Crippen LogP contribution in [0.1, 0.15) is 28.9 Å². The number of halogens is 2. The number of nitrogens with one attached hydrogen (secondary N) is 1. The van der Waals surface area contributed by atoms with E-state index in [2.05, 4.69) is 26.2 Å². The SMILES string of the molecule is CC(NC(=O)c1cc(Br)cnc1N)c1ccc(Cl)cc1. The maximum absolute atomic E-state index is 12.2. The second kappa shape index (κ2) is 6.24. The molecule has 4 nitrogen and oxygen atoms in total. The molecule has 1 aromatic heterocycles. The van der Waals surface area contributed by atoms with E-state index >= 15 is 0 Å². The van der Waals surface area contributed by atoms with Crippen LogP contribution in [0.2, 0.25) is 5.02 Å². The maximum atomic E-state index is 12.2. The molecule has 6 heteroatoms. The molecular formula is C14H13BrClN3O. The third-order valence-electron chi connectivity index (χ3n) is 2.85. The molecule has 0 aliphatic rings. The van der Waals surface area contributed by atoms with E-state index in [0.29, 0.717) is 15.1 Å². The molecule has 0 spiro atoms. The Labute approximate surface area is 130 Å². The van der Waals surface area contributed by atoms with Gasteiger partial charge in [0.25, 0.3) is 5.91 Å². The molecule has 1 amide bonds. The Morgan fingerprint density at radius 2 is 2.05 bits per heavy atom. The van der Waals surface area contributed by atoms with Gasteiger partial charge in [-0.05, 0) is 46.6 Å². The van der Waals surface area contributed by atoms with Crippen molar-refractivity contribution in [2.75, 3.05) is 5.73 Å². The van der Waals surface area contributed by atoms with Crippen molar-refractivity contribution in [1.29, 1.82) is 0 Å². The van der Waals surface area contributed by atoms with Crippen LogP contribution in [-0.2, 0) is 0 Å².